The highest BCUT2D eigenvalue weighted by Gasteiger charge is 2.42. The van der Waals surface area contributed by atoms with Gasteiger partial charge in [-0.05, 0) is 42.5 Å². The summed E-state index contributed by atoms with van der Waals surface area (Å²) in [5.41, 5.74) is -2.47. The van der Waals surface area contributed by atoms with E-state index in [1.807, 2.05) is 0 Å². The van der Waals surface area contributed by atoms with Crippen LogP contribution in [0.5, 0.6) is 11.5 Å². The second-order valence-electron chi connectivity index (χ2n) is 6.43. The molecular formula is C20H18F4N4O3. The van der Waals surface area contributed by atoms with Crippen LogP contribution in [0.15, 0.2) is 48.5 Å². The number of carbonyl (C=O) groups is 1. The van der Waals surface area contributed by atoms with Gasteiger partial charge < -0.3 is 14.4 Å². The third-order valence-corrected chi connectivity index (χ3v) is 4.30. The fourth-order valence-electron chi connectivity index (χ4n) is 2.72. The van der Waals surface area contributed by atoms with Crippen LogP contribution in [0.2, 0.25) is 0 Å². The Morgan fingerprint density at radius 1 is 1.13 bits per heavy atom. The number of likely N-dealkylation sites (N-methyl/N-ethyl adjacent to an activating group) is 1. The minimum Gasteiger partial charge on any atom is -0.497 e. The van der Waals surface area contributed by atoms with E-state index < -0.39 is 29.3 Å². The van der Waals surface area contributed by atoms with Crippen molar-refractivity contribution < 1.29 is 31.8 Å². The Kier molecular flexibility index (Phi) is 6.42. The maximum Gasteiger partial charge on any atom is 0.435 e. The molecule has 7 nitrogen and oxygen atoms in total. The standard InChI is InChI=1S/C20H18F4N4O3/c1-27(10-11-31-16-8-6-15(30-2)7-9-16)19(29)17-18(20(22,23)24)28(26-25-17)14-5-3-4-13(21)12-14/h3-9,12H,10-11H2,1-2H3. The normalized spacial score (nSPS) is 11.3. The Labute approximate surface area is 174 Å². The van der Waals surface area contributed by atoms with Gasteiger partial charge in [-0.2, -0.15) is 13.2 Å². The fourth-order valence-corrected chi connectivity index (χ4v) is 2.72. The van der Waals surface area contributed by atoms with E-state index in [1.165, 1.54) is 26.3 Å². The molecular weight excluding hydrogens is 420 g/mol. The smallest absolute Gasteiger partial charge is 0.435 e. The Balaban J connectivity index is 1.75. The topological polar surface area (TPSA) is 69.5 Å². The van der Waals surface area contributed by atoms with Gasteiger partial charge in [-0.3, -0.25) is 4.79 Å². The van der Waals surface area contributed by atoms with Crippen molar-refractivity contribution >= 4 is 5.91 Å². The second-order valence-corrected chi connectivity index (χ2v) is 6.43. The van der Waals surface area contributed by atoms with Crippen LogP contribution in [0.25, 0.3) is 5.69 Å². The molecule has 31 heavy (non-hydrogen) atoms. The van der Waals surface area contributed by atoms with E-state index in [1.54, 1.807) is 24.3 Å². The number of benzene rings is 2. The SMILES string of the molecule is COc1ccc(OCCN(C)C(=O)c2nnn(-c3cccc(F)c3)c2C(F)(F)F)cc1. The summed E-state index contributed by atoms with van der Waals surface area (Å²) < 4.78 is 65.4. The maximum atomic E-state index is 13.7. The number of alkyl halides is 3. The van der Waals surface area contributed by atoms with Gasteiger partial charge in [0.2, 0.25) is 0 Å². The van der Waals surface area contributed by atoms with Crippen molar-refractivity contribution in [1.82, 2.24) is 19.9 Å². The van der Waals surface area contributed by atoms with E-state index in [-0.39, 0.29) is 18.8 Å². The first-order valence-corrected chi connectivity index (χ1v) is 9.02. The summed E-state index contributed by atoms with van der Waals surface area (Å²) in [4.78, 5) is 13.7. The van der Waals surface area contributed by atoms with Gasteiger partial charge in [-0.15, -0.1) is 5.10 Å². The van der Waals surface area contributed by atoms with Crippen molar-refractivity contribution in [1.29, 1.82) is 0 Å². The minimum absolute atomic E-state index is 0.00498. The molecule has 0 saturated heterocycles. The molecule has 0 N–H and O–H groups in total. The van der Waals surface area contributed by atoms with E-state index >= 15 is 0 Å². The summed E-state index contributed by atoms with van der Waals surface area (Å²) in [6, 6.07) is 11.1. The largest absolute Gasteiger partial charge is 0.497 e. The highest BCUT2D eigenvalue weighted by molar-refractivity contribution is 5.93. The molecule has 164 valence electrons. The summed E-state index contributed by atoms with van der Waals surface area (Å²) in [7, 11) is 2.84. The van der Waals surface area contributed by atoms with Gasteiger partial charge in [0.05, 0.1) is 19.3 Å². The lowest BCUT2D eigenvalue weighted by Gasteiger charge is -2.18. The number of amides is 1. The average Bonchev–Trinajstić information content (AvgIpc) is 3.19. The minimum atomic E-state index is -4.94. The van der Waals surface area contributed by atoms with Crippen LogP contribution in [-0.4, -0.2) is 53.1 Å². The monoisotopic (exact) mass is 438 g/mol. The molecule has 0 aliphatic carbocycles. The quantitative estimate of drug-likeness (QED) is 0.528. The number of nitrogens with zero attached hydrogens (tertiary/aromatic N) is 4. The summed E-state index contributed by atoms with van der Waals surface area (Å²) >= 11 is 0. The van der Waals surface area contributed by atoms with Gasteiger partial charge in [0.1, 0.15) is 23.9 Å². The van der Waals surface area contributed by atoms with E-state index in [2.05, 4.69) is 10.3 Å². The number of rotatable bonds is 7. The first-order valence-electron chi connectivity index (χ1n) is 9.02. The van der Waals surface area contributed by atoms with Crippen LogP contribution in [0.4, 0.5) is 17.6 Å². The Morgan fingerprint density at radius 2 is 1.81 bits per heavy atom. The molecule has 0 fully saturated rings. The van der Waals surface area contributed by atoms with Crippen LogP contribution >= 0.6 is 0 Å². The molecule has 3 aromatic rings. The van der Waals surface area contributed by atoms with Crippen LogP contribution in [-0.2, 0) is 6.18 Å². The number of halogens is 4. The Hall–Kier alpha value is -3.63. The predicted molar refractivity (Wildman–Crippen MR) is 102 cm³/mol. The van der Waals surface area contributed by atoms with Crippen molar-refractivity contribution in [3.8, 4) is 17.2 Å². The van der Waals surface area contributed by atoms with Crippen molar-refractivity contribution in [2.75, 3.05) is 27.3 Å². The predicted octanol–water partition coefficient (Wildman–Crippen LogP) is 3.58. The van der Waals surface area contributed by atoms with E-state index in [0.29, 0.717) is 16.2 Å². The van der Waals surface area contributed by atoms with Gasteiger partial charge in [0, 0.05) is 7.05 Å². The van der Waals surface area contributed by atoms with Crippen molar-refractivity contribution in [2.24, 2.45) is 0 Å². The molecule has 2 aromatic carbocycles. The molecule has 3 rings (SSSR count). The Bertz CT molecular complexity index is 1050. The lowest BCUT2D eigenvalue weighted by Crippen LogP contribution is -2.33. The molecule has 0 bridgehead atoms. The molecule has 0 radical (unpaired) electrons. The van der Waals surface area contributed by atoms with Gasteiger partial charge in [-0.25, -0.2) is 9.07 Å². The molecule has 0 unspecified atom stereocenters. The van der Waals surface area contributed by atoms with E-state index in [4.69, 9.17) is 9.47 Å². The summed E-state index contributed by atoms with van der Waals surface area (Å²) in [6.45, 7) is 0.0307. The number of hydrogen-bond acceptors (Lipinski definition) is 5. The molecule has 0 saturated carbocycles. The average molecular weight is 438 g/mol. The molecule has 0 spiro atoms. The molecule has 0 aliphatic rings. The molecule has 0 atom stereocenters. The summed E-state index contributed by atoms with van der Waals surface area (Å²) in [6.07, 6.45) is -4.94. The fraction of sp³-hybridized carbons (Fsp3) is 0.250. The maximum absolute atomic E-state index is 13.7. The molecule has 1 aromatic heterocycles. The first kappa shape index (κ1) is 22.1. The summed E-state index contributed by atoms with van der Waals surface area (Å²) in [5, 5.41) is 6.85. The zero-order valence-electron chi connectivity index (χ0n) is 16.6. The molecule has 11 heteroatoms. The number of methoxy groups -OCH3 is 1. The number of carbonyl (C=O) groups excluding carboxylic acids is 1. The highest BCUT2D eigenvalue weighted by Crippen LogP contribution is 2.33. The zero-order valence-corrected chi connectivity index (χ0v) is 16.6. The van der Waals surface area contributed by atoms with Gasteiger partial charge >= 0.3 is 6.18 Å². The summed E-state index contributed by atoms with van der Waals surface area (Å²) in [5.74, 6) is -0.592. The zero-order chi connectivity index (χ0) is 22.6. The number of ether oxygens (including phenoxy) is 2. The third-order valence-electron chi connectivity index (χ3n) is 4.30. The number of aromatic nitrogens is 3. The van der Waals surface area contributed by atoms with Crippen molar-refractivity contribution in [3.05, 3.63) is 65.7 Å². The van der Waals surface area contributed by atoms with Crippen molar-refractivity contribution in [3.63, 3.8) is 0 Å². The molecule has 1 heterocycles. The van der Waals surface area contributed by atoms with Gasteiger partial charge in [-0.1, -0.05) is 11.3 Å². The van der Waals surface area contributed by atoms with Crippen molar-refractivity contribution in [2.45, 2.75) is 6.18 Å². The number of hydrogen-bond donors (Lipinski definition) is 0. The highest BCUT2D eigenvalue weighted by atomic mass is 19.4. The van der Waals surface area contributed by atoms with Crippen LogP contribution in [0, 0.1) is 5.82 Å². The lowest BCUT2D eigenvalue weighted by atomic mass is 10.2. The molecule has 1 amide bonds. The van der Waals surface area contributed by atoms with Crippen LogP contribution in [0.1, 0.15) is 16.2 Å². The Morgan fingerprint density at radius 3 is 2.42 bits per heavy atom. The van der Waals surface area contributed by atoms with Gasteiger partial charge in [0.25, 0.3) is 5.91 Å². The van der Waals surface area contributed by atoms with Crippen LogP contribution in [0.3, 0.4) is 0 Å². The first-order chi connectivity index (χ1) is 14.7. The molecule has 0 aliphatic heterocycles. The van der Waals surface area contributed by atoms with E-state index in [0.717, 1.165) is 17.0 Å². The second kappa shape index (κ2) is 9.02. The van der Waals surface area contributed by atoms with E-state index in [9.17, 15) is 22.4 Å². The van der Waals surface area contributed by atoms with Gasteiger partial charge in [0.15, 0.2) is 11.4 Å². The van der Waals surface area contributed by atoms with Crippen LogP contribution < -0.4 is 9.47 Å². The third kappa shape index (κ3) is 5.11. The lowest BCUT2D eigenvalue weighted by molar-refractivity contribution is -0.143.